The third-order valence-corrected chi connectivity index (χ3v) is 6.62. The number of benzene rings is 3. The fourth-order valence-electron chi connectivity index (χ4n) is 4.41. The maximum Gasteiger partial charge on any atom is 0.290 e. The summed E-state index contributed by atoms with van der Waals surface area (Å²) in [7, 11) is 3.91. The van der Waals surface area contributed by atoms with Crippen molar-refractivity contribution in [3.63, 3.8) is 0 Å². The molecule has 0 aliphatic carbocycles. The van der Waals surface area contributed by atoms with Gasteiger partial charge in [-0.15, -0.1) is 0 Å². The van der Waals surface area contributed by atoms with E-state index in [1.54, 1.807) is 4.90 Å². The number of aliphatic hydroxyl groups excluding tert-OH is 1. The number of aliphatic hydroxyl groups is 1. The van der Waals surface area contributed by atoms with Gasteiger partial charge >= 0.3 is 0 Å². The van der Waals surface area contributed by atoms with E-state index in [0.29, 0.717) is 24.4 Å². The molecule has 0 saturated carbocycles. The van der Waals surface area contributed by atoms with Crippen molar-refractivity contribution >= 4 is 29.0 Å². The van der Waals surface area contributed by atoms with E-state index in [1.807, 2.05) is 97.9 Å². The number of hydrogen-bond donors (Lipinski definition) is 1. The first-order chi connectivity index (χ1) is 16.8. The fraction of sp³-hybridized carbons (Fsp3) is 0.241. The Labute approximate surface area is 211 Å². The molecule has 35 heavy (non-hydrogen) atoms. The van der Waals surface area contributed by atoms with Gasteiger partial charge in [-0.3, -0.25) is 9.59 Å². The van der Waals surface area contributed by atoms with E-state index in [-0.39, 0.29) is 17.8 Å². The molecule has 0 spiro atoms. The van der Waals surface area contributed by atoms with Crippen LogP contribution in [-0.4, -0.2) is 42.3 Å². The van der Waals surface area contributed by atoms with Gasteiger partial charge in [-0.05, 0) is 53.8 Å². The molecule has 1 unspecified atom stereocenters. The fourth-order valence-corrected chi connectivity index (χ4v) is 4.53. The van der Waals surface area contributed by atoms with Crippen LogP contribution in [0.3, 0.4) is 0 Å². The second-order valence-electron chi connectivity index (χ2n) is 8.93. The van der Waals surface area contributed by atoms with E-state index >= 15 is 0 Å². The van der Waals surface area contributed by atoms with Crippen molar-refractivity contribution in [3.8, 4) is 0 Å². The van der Waals surface area contributed by atoms with Crippen LogP contribution < -0.4 is 4.90 Å². The highest BCUT2D eigenvalue weighted by Gasteiger charge is 2.42. The third kappa shape index (κ3) is 5.57. The molecule has 6 heteroatoms. The number of rotatable bonds is 9. The van der Waals surface area contributed by atoms with Gasteiger partial charge in [-0.1, -0.05) is 66.2 Å². The molecule has 5 nitrogen and oxygen atoms in total. The Morgan fingerprint density at radius 2 is 1.54 bits per heavy atom. The van der Waals surface area contributed by atoms with Crippen LogP contribution >= 0.6 is 11.6 Å². The van der Waals surface area contributed by atoms with Gasteiger partial charge in [0.2, 0.25) is 0 Å². The van der Waals surface area contributed by atoms with Gasteiger partial charge in [0.05, 0.1) is 11.6 Å². The average molecular weight is 489 g/mol. The summed E-state index contributed by atoms with van der Waals surface area (Å²) in [6, 6.07) is 24.3. The summed E-state index contributed by atoms with van der Waals surface area (Å²) >= 11 is 6.00. The number of nitrogens with zero attached hydrogens (tertiary/aromatic N) is 2. The number of carbonyl (C=O) groups excluding carboxylic acids is 2. The molecule has 1 heterocycles. The Balaban J connectivity index is 1.62. The molecule has 1 aliphatic heterocycles. The van der Waals surface area contributed by atoms with Crippen molar-refractivity contribution < 1.29 is 14.7 Å². The van der Waals surface area contributed by atoms with Crippen LogP contribution in [0, 0.1) is 0 Å². The monoisotopic (exact) mass is 488 g/mol. The molecule has 1 aliphatic rings. The second kappa shape index (κ2) is 10.8. The minimum atomic E-state index is -0.630. The highest BCUT2D eigenvalue weighted by Crippen LogP contribution is 2.39. The lowest BCUT2D eigenvalue weighted by atomic mass is 9.93. The van der Waals surface area contributed by atoms with E-state index < -0.39 is 17.7 Å². The molecule has 0 fully saturated rings. The molecule has 3 aromatic carbocycles. The van der Waals surface area contributed by atoms with Gasteiger partial charge in [0, 0.05) is 37.8 Å². The second-order valence-corrected chi connectivity index (χ2v) is 9.37. The number of Topliss-reactive ketones (excluding diaryl/α,β-unsaturated/α-hetero) is 1. The van der Waals surface area contributed by atoms with E-state index in [0.717, 1.165) is 22.4 Å². The van der Waals surface area contributed by atoms with Crippen molar-refractivity contribution in [1.29, 1.82) is 0 Å². The first-order valence-electron chi connectivity index (χ1n) is 11.7. The summed E-state index contributed by atoms with van der Waals surface area (Å²) in [6.45, 7) is 0.361. The summed E-state index contributed by atoms with van der Waals surface area (Å²) in [5, 5.41) is 11.5. The van der Waals surface area contributed by atoms with E-state index in [1.165, 1.54) is 0 Å². The van der Waals surface area contributed by atoms with Crippen LogP contribution in [0.1, 0.15) is 29.2 Å². The number of ketones is 1. The predicted molar refractivity (Wildman–Crippen MR) is 140 cm³/mol. The lowest BCUT2D eigenvalue weighted by molar-refractivity contribution is -0.129. The Hall–Kier alpha value is -3.57. The summed E-state index contributed by atoms with van der Waals surface area (Å²) in [4.78, 5) is 30.1. The van der Waals surface area contributed by atoms with Crippen LogP contribution in [0.2, 0.25) is 5.02 Å². The van der Waals surface area contributed by atoms with Crippen LogP contribution in [0.5, 0.6) is 0 Å². The smallest absolute Gasteiger partial charge is 0.290 e. The van der Waals surface area contributed by atoms with Gasteiger partial charge in [-0.25, -0.2) is 0 Å². The first kappa shape index (κ1) is 24.6. The zero-order valence-corrected chi connectivity index (χ0v) is 20.7. The molecule has 0 bridgehead atoms. The Bertz CT molecular complexity index is 1220. The van der Waals surface area contributed by atoms with E-state index in [2.05, 4.69) is 0 Å². The average Bonchev–Trinajstić information content (AvgIpc) is 3.12. The first-order valence-corrected chi connectivity index (χ1v) is 12.1. The van der Waals surface area contributed by atoms with Gasteiger partial charge < -0.3 is 14.9 Å². The Kier molecular flexibility index (Phi) is 7.57. The minimum absolute atomic E-state index is 0.180. The third-order valence-electron chi connectivity index (χ3n) is 6.37. The van der Waals surface area contributed by atoms with E-state index in [4.69, 9.17) is 11.6 Å². The maximum absolute atomic E-state index is 13.4. The minimum Gasteiger partial charge on any atom is -0.503 e. The zero-order valence-electron chi connectivity index (χ0n) is 19.9. The number of carbonyl (C=O) groups is 2. The molecule has 0 aromatic heterocycles. The molecule has 1 atom stereocenters. The highest BCUT2D eigenvalue weighted by molar-refractivity contribution is 6.30. The lowest BCUT2D eigenvalue weighted by Gasteiger charge is -2.27. The summed E-state index contributed by atoms with van der Waals surface area (Å²) in [5.74, 6) is -1.17. The number of hydrogen-bond acceptors (Lipinski definition) is 4. The standard InChI is InChI=1S/C29H29ClN2O3/c1-31(2)24-15-11-22(12-16-24)27-26(25(33)17-10-20-6-4-3-5-7-20)28(34)29(35)32(27)19-18-21-8-13-23(30)14-9-21/h3-9,11-16,27,34H,10,17-19H2,1-2H3. The summed E-state index contributed by atoms with van der Waals surface area (Å²) in [6.07, 6.45) is 1.34. The molecular formula is C29H29ClN2O3. The Morgan fingerprint density at radius 3 is 2.17 bits per heavy atom. The maximum atomic E-state index is 13.4. The number of halogens is 1. The van der Waals surface area contributed by atoms with Crippen molar-refractivity contribution in [2.24, 2.45) is 0 Å². The molecule has 4 rings (SSSR count). The molecule has 0 saturated heterocycles. The molecule has 180 valence electrons. The number of aryl methyl sites for hydroxylation is 1. The number of amides is 1. The quantitative estimate of drug-likeness (QED) is 0.429. The van der Waals surface area contributed by atoms with Crippen molar-refractivity contribution in [1.82, 2.24) is 4.90 Å². The van der Waals surface area contributed by atoms with Crippen LogP contribution in [0.25, 0.3) is 0 Å². The largest absolute Gasteiger partial charge is 0.503 e. The summed E-state index contributed by atoms with van der Waals surface area (Å²) in [5.41, 5.74) is 4.05. The van der Waals surface area contributed by atoms with Crippen molar-refractivity contribution in [2.75, 3.05) is 25.5 Å². The van der Waals surface area contributed by atoms with Crippen molar-refractivity contribution in [3.05, 3.63) is 112 Å². The molecule has 3 aromatic rings. The van der Waals surface area contributed by atoms with Gasteiger partial charge in [0.15, 0.2) is 11.5 Å². The van der Waals surface area contributed by atoms with E-state index in [9.17, 15) is 14.7 Å². The molecule has 0 radical (unpaired) electrons. The van der Waals surface area contributed by atoms with Gasteiger partial charge in [-0.2, -0.15) is 0 Å². The highest BCUT2D eigenvalue weighted by atomic mass is 35.5. The van der Waals surface area contributed by atoms with Crippen LogP contribution in [0.15, 0.2) is 90.2 Å². The van der Waals surface area contributed by atoms with Crippen LogP contribution in [-0.2, 0) is 22.4 Å². The SMILES string of the molecule is CN(C)c1ccc(C2C(C(=O)CCc3ccccc3)=C(O)C(=O)N2CCc2ccc(Cl)cc2)cc1. The Morgan fingerprint density at radius 1 is 0.914 bits per heavy atom. The predicted octanol–water partition coefficient (Wildman–Crippen LogP) is 5.55. The molecule has 1 amide bonds. The zero-order chi connectivity index (χ0) is 24.9. The van der Waals surface area contributed by atoms with Crippen molar-refractivity contribution in [2.45, 2.75) is 25.3 Å². The summed E-state index contributed by atoms with van der Waals surface area (Å²) < 4.78 is 0. The lowest BCUT2D eigenvalue weighted by Crippen LogP contribution is -2.33. The topological polar surface area (TPSA) is 60.9 Å². The van der Waals surface area contributed by atoms with Gasteiger partial charge in [0.1, 0.15) is 0 Å². The normalized spacial score (nSPS) is 15.6. The molecule has 1 N–H and O–H groups in total. The van der Waals surface area contributed by atoms with Gasteiger partial charge in [0.25, 0.3) is 5.91 Å². The number of anilines is 1. The van der Waals surface area contributed by atoms with Crippen LogP contribution in [0.4, 0.5) is 5.69 Å². The molecular weight excluding hydrogens is 460 g/mol.